The number of fused-ring (bicyclic) bond motifs is 1. The predicted octanol–water partition coefficient (Wildman–Crippen LogP) is 5.57. The highest BCUT2D eigenvalue weighted by atomic mass is 16.4. The van der Waals surface area contributed by atoms with Gasteiger partial charge < -0.3 is 5.11 Å². The monoisotopic (exact) mass is 356 g/mol. The number of rotatable bonds is 5. The Morgan fingerprint density at radius 1 is 0.852 bits per heavy atom. The molecule has 0 heterocycles. The Morgan fingerprint density at radius 3 is 2.30 bits per heavy atom. The van der Waals surface area contributed by atoms with Gasteiger partial charge in [-0.15, -0.1) is 0 Å². The Bertz CT molecular complexity index is 913. The first-order valence-electron chi connectivity index (χ1n) is 9.66. The maximum absolute atomic E-state index is 10.8. The molecule has 1 aliphatic carbocycles. The lowest BCUT2D eigenvalue weighted by Gasteiger charge is -2.34. The second kappa shape index (κ2) is 7.79. The normalized spacial score (nSPS) is 18.7. The van der Waals surface area contributed by atoms with Crippen molar-refractivity contribution < 1.29 is 9.90 Å². The Labute approximate surface area is 160 Å². The van der Waals surface area contributed by atoms with Crippen LogP contribution < -0.4 is 0 Å². The quantitative estimate of drug-likeness (QED) is 0.649. The van der Waals surface area contributed by atoms with E-state index in [9.17, 15) is 4.79 Å². The molecule has 3 aromatic rings. The summed E-state index contributed by atoms with van der Waals surface area (Å²) >= 11 is 0. The molecule has 0 aromatic heterocycles. The van der Waals surface area contributed by atoms with Crippen molar-refractivity contribution in [2.45, 2.75) is 37.5 Å². The summed E-state index contributed by atoms with van der Waals surface area (Å²) in [5.74, 6) is 0.0567. The third kappa shape index (κ3) is 3.80. The molecule has 2 unspecified atom stereocenters. The van der Waals surface area contributed by atoms with Crippen LogP contribution in [0.1, 0.15) is 52.5 Å². The zero-order valence-corrected chi connectivity index (χ0v) is 15.3. The van der Waals surface area contributed by atoms with Gasteiger partial charge in [0.1, 0.15) is 0 Å². The minimum Gasteiger partial charge on any atom is -0.481 e. The standard InChI is InChI=1S/C25H24O2/c26-24(27)17-12-18-10-13-21(14-11-18)25-22-9-5-4-8-20(22)15-16-23(25)19-6-2-1-3-7-19/h1-11,13-14,23,25H,12,15-17H2,(H,26,27). The van der Waals surface area contributed by atoms with E-state index in [4.69, 9.17) is 5.11 Å². The lowest BCUT2D eigenvalue weighted by Crippen LogP contribution is -2.20. The van der Waals surface area contributed by atoms with E-state index in [0.717, 1.165) is 18.4 Å². The molecule has 0 fully saturated rings. The van der Waals surface area contributed by atoms with Crippen LogP contribution in [0.25, 0.3) is 0 Å². The van der Waals surface area contributed by atoms with Gasteiger partial charge in [0, 0.05) is 12.3 Å². The van der Waals surface area contributed by atoms with Gasteiger partial charge in [0.15, 0.2) is 0 Å². The molecule has 1 aliphatic rings. The average molecular weight is 356 g/mol. The van der Waals surface area contributed by atoms with Gasteiger partial charge in [-0.25, -0.2) is 0 Å². The van der Waals surface area contributed by atoms with Gasteiger partial charge in [0.2, 0.25) is 0 Å². The van der Waals surface area contributed by atoms with Crippen molar-refractivity contribution in [2.75, 3.05) is 0 Å². The number of hydrogen-bond acceptors (Lipinski definition) is 1. The molecule has 0 aliphatic heterocycles. The summed E-state index contributed by atoms with van der Waals surface area (Å²) < 4.78 is 0. The molecule has 3 aromatic carbocycles. The number of hydrogen-bond donors (Lipinski definition) is 1. The van der Waals surface area contributed by atoms with Crippen LogP contribution in [0.5, 0.6) is 0 Å². The van der Waals surface area contributed by atoms with E-state index in [2.05, 4.69) is 78.9 Å². The molecule has 0 amide bonds. The van der Waals surface area contributed by atoms with Crippen molar-refractivity contribution in [3.05, 3.63) is 107 Å². The van der Waals surface area contributed by atoms with Gasteiger partial charge in [-0.1, -0.05) is 78.9 Å². The third-order valence-electron chi connectivity index (χ3n) is 5.71. The lowest BCUT2D eigenvalue weighted by molar-refractivity contribution is -0.136. The van der Waals surface area contributed by atoms with Crippen molar-refractivity contribution in [1.82, 2.24) is 0 Å². The van der Waals surface area contributed by atoms with E-state index in [-0.39, 0.29) is 6.42 Å². The summed E-state index contributed by atoms with van der Waals surface area (Å²) in [4.78, 5) is 10.8. The number of carboxylic acid groups (broad SMARTS) is 1. The SMILES string of the molecule is O=C(O)CCc1ccc(C2c3ccccc3CCC2c2ccccc2)cc1. The Hall–Kier alpha value is -2.87. The van der Waals surface area contributed by atoms with E-state index >= 15 is 0 Å². The highest BCUT2D eigenvalue weighted by molar-refractivity contribution is 5.67. The molecule has 0 radical (unpaired) electrons. The van der Waals surface area contributed by atoms with Gasteiger partial charge >= 0.3 is 5.97 Å². The van der Waals surface area contributed by atoms with Crippen LogP contribution in [0.4, 0.5) is 0 Å². The van der Waals surface area contributed by atoms with Gasteiger partial charge in [-0.2, -0.15) is 0 Å². The van der Waals surface area contributed by atoms with Gasteiger partial charge in [-0.05, 0) is 53.0 Å². The van der Waals surface area contributed by atoms with Crippen molar-refractivity contribution in [3.8, 4) is 0 Å². The van der Waals surface area contributed by atoms with Crippen molar-refractivity contribution in [3.63, 3.8) is 0 Å². The first-order chi connectivity index (χ1) is 13.2. The average Bonchev–Trinajstić information content (AvgIpc) is 2.72. The van der Waals surface area contributed by atoms with Gasteiger partial charge in [0.05, 0.1) is 0 Å². The van der Waals surface area contributed by atoms with Crippen LogP contribution in [0, 0.1) is 0 Å². The van der Waals surface area contributed by atoms with E-state index in [0.29, 0.717) is 18.3 Å². The van der Waals surface area contributed by atoms with Gasteiger partial charge in [0.25, 0.3) is 0 Å². The molecule has 2 atom stereocenters. The maximum Gasteiger partial charge on any atom is 0.303 e. The molecular formula is C25H24O2. The molecule has 0 saturated carbocycles. The third-order valence-corrected chi connectivity index (χ3v) is 5.71. The minimum absolute atomic E-state index is 0.179. The number of aliphatic carboxylic acids is 1. The molecule has 2 nitrogen and oxygen atoms in total. The van der Waals surface area contributed by atoms with E-state index in [1.54, 1.807) is 0 Å². The largest absolute Gasteiger partial charge is 0.481 e. The second-order valence-corrected chi connectivity index (χ2v) is 7.37. The van der Waals surface area contributed by atoms with Crippen LogP contribution in [0.3, 0.4) is 0 Å². The topological polar surface area (TPSA) is 37.3 Å². The zero-order chi connectivity index (χ0) is 18.6. The number of benzene rings is 3. The minimum atomic E-state index is -0.746. The molecule has 27 heavy (non-hydrogen) atoms. The van der Waals surface area contributed by atoms with Crippen LogP contribution in [0.15, 0.2) is 78.9 Å². The van der Waals surface area contributed by atoms with E-state index < -0.39 is 5.97 Å². The molecule has 4 rings (SSSR count). The first kappa shape index (κ1) is 17.5. The molecular weight excluding hydrogens is 332 g/mol. The summed E-state index contributed by atoms with van der Waals surface area (Å²) in [5, 5.41) is 8.90. The smallest absolute Gasteiger partial charge is 0.303 e. The summed E-state index contributed by atoms with van der Waals surface area (Å²) in [5.41, 5.74) is 6.67. The molecule has 0 saturated heterocycles. The summed E-state index contributed by atoms with van der Waals surface area (Å²) in [6, 6.07) is 28.2. The summed E-state index contributed by atoms with van der Waals surface area (Å²) in [6.45, 7) is 0. The summed E-state index contributed by atoms with van der Waals surface area (Å²) in [7, 11) is 0. The molecule has 136 valence electrons. The Kier molecular flexibility index (Phi) is 5.06. The fourth-order valence-corrected chi connectivity index (χ4v) is 4.37. The Balaban J connectivity index is 1.70. The van der Waals surface area contributed by atoms with Crippen molar-refractivity contribution >= 4 is 5.97 Å². The van der Waals surface area contributed by atoms with Crippen molar-refractivity contribution in [1.29, 1.82) is 0 Å². The fourth-order valence-electron chi connectivity index (χ4n) is 4.37. The highest BCUT2D eigenvalue weighted by Crippen LogP contribution is 2.46. The lowest BCUT2D eigenvalue weighted by atomic mass is 9.69. The predicted molar refractivity (Wildman–Crippen MR) is 108 cm³/mol. The van der Waals surface area contributed by atoms with Gasteiger partial charge in [-0.3, -0.25) is 4.79 Å². The molecule has 0 bridgehead atoms. The Morgan fingerprint density at radius 2 is 1.56 bits per heavy atom. The number of carboxylic acids is 1. The molecule has 1 N–H and O–H groups in total. The van der Waals surface area contributed by atoms with Crippen LogP contribution in [-0.4, -0.2) is 11.1 Å². The van der Waals surface area contributed by atoms with Crippen molar-refractivity contribution in [2.24, 2.45) is 0 Å². The second-order valence-electron chi connectivity index (χ2n) is 7.37. The van der Waals surface area contributed by atoms with Crippen LogP contribution >= 0.6 is 0 Å². The first-order valence-corrected chi connectivity index (χ1v) is 9.66. The highest BCUT2D eigenvalue weighted by Gasteiger charge is 2.31. The maximum atomic E-state index is 10.8. The fraction of sp³-hybridized carbons (Fsp3) is 0.240. The summed E-state index contributed by atoms with van der Waals surface area (Å²) in [6.07, 6.45) is 3.02. The van der Waals surface area contributed by atoms with E-state index in [1.165, 1.54) is 22.3 Å². The van der Waals surface area contributed by atoms with Crippen LogP contribution in [0.2, 0.25) is 0 Å². The molecule has 2 heteroatoms. The van der Waals surface area contributed by atoms with Crippen LogP contribution in [-0.2, 0) is 17.6 Å². The number of aryl methyl sites for hydroxylation is 2. The zero-order valence-electron chi connectivity index (χ0n) is 15.3. The number of carbonyl (C=O) groups is 1. The van der Waals surface area contributed by atoms with E-state index in [1.807, 2.05) is 0 Å². The molecule has 0 spiro atoms.